The van der Waals surface area contributed by atoms with Crippen molar-refractivity contribution in [1.29, 1.82) is 0 Å². The standard InChI is InChI=1S/C14H19ClO2/c1-2-7-16-13-6-5-12(9-15)14(8-13)17-10-11-3-4-11/h5-6,8,11H,2-4,7,9-10H2,1H3. The minimum Gasteiger partial charge on any atom is -0.493 e. The van der Waals surface area contributed by atoms with Gasteiger partial charge in [-0.25, -0.2) is 0 Å². The quantitative estimate of drug-likeness (QED) is 0.685. The lowest BCUT2D eigenvalue weighted by Crippen LogP contribution is -2.02. The van der Waals surface area contributed by atoms with Gasteiger partial charge >= 0.3 is 0 Å². The molecule has 2 rings (SSSR count). The van der Waals surface area contributed by atoms with Gasteiger partial charge in [0.25, 0.3) is 0 Å². The topological polar surface area (TPSA) is 18.5 Å². The Kier molecular flexibility index (Phi) is 4.55. The molecule has 17 heavy (non-hydrogen) atoms. The Hall–Kier alpha value is -0.890. The molecule has 1 aliphatic rings. The third kappa shape index (κ3) is 3.81. The zero-order chi connectivity index (χ0) is 12.1. The summed E-state index contributed by atoms with van der Waals surface area (Å²) in [5, 5.41) is 0. The van der Waals surface area contributed by atoms with Gasteiger partial charge < -0.3 is 9.47 Å². The summed E-state index contributed by atoms with van der Waals surface area (Å²) in [7, 11) is 0. The van der Waals surface area contributed by atoms with Crippen LogP contribution >= 0.6 is 11.6 Å². The Morgan fingerprint density at radius 1 is 1.29 bits per heavy atom. The summed E-state index contributed by atoms with van der Waals surface area (Å²) in [6.07, 6.45) is 3.60. The van der Waals surface area contributed by atoms with Crippen molar-refractivity contribution in [2.24, 2.45) is 5.92 Å². The summed E-state index contributed by atoms with van der Waals surface area (Å²) in [6.45, 7) is 3.64. The number of benzene rings is 1. The van der Waals surface area contributed by atoms with Gasteiger partial charge in [0.05, 0.1) is 19.1 Å². The van der Waals surface area contributed by atoms with Crippen LogP contribution in [0.15, 0.2) is 18.2 Å². The molecule has 0 N–H and O–H groups in total. The molecule has 0 unspecified atom stereocenters. The van der Waals surface area contributed by atoms with E-state index in [0.29, 0.717) is 5.88 Å². The molecule has 0 bridgehead atoms. The van der Waals surface area contributed by atoms with Gasteiger partial charge in [-0.3, -0.25) is 0 Å². The van der Waals surface area contributed by atoms with E-state index in [0.717, 1.165) is 42.6 Å². The molecule has 94 valence electrons. The van der Waals surface area contributed by atoms with E-state index in [1.165, 1.54) is 12.8 Å². The van der Waals surface area contributed by atoms with E-state index >= 15 is 0 Å². The lowest BCUT2D eigenvalue weighted by atomic mass is 10.2. The van der Waals surface area contributed by atoms with Crippen molar-refractivity contribution >= 4 is 11.6 Å². The maximum absolute atomic E-state index is 5.90. The maximum atomic E-state index is 5.90. The van der Waals surface area contributed by atoms with Crippen molar-refractivity contribution in [3.8, 4) is 11.5 Å². The van der Waals surface area contributed by atoms with Crippen LogP contribution in [0.1, 0.15) is 31.7 Å². The summed E-state index contributed by atoms with van der Waals surface area (Å²) in [5.74, 6) is 2.97. The van der Waals surface area contributed by atoms with Crippen LogP contribution in [0.3, 0.4) is 0 Å². The number of ether oxygens (including phenoxy) is 2. The van der Waals surface area contributed by atoms with Gasteiger partial charge in [-0.15, -0.1) is 11.6 Å². The summed E-state index contributed by atoms with van der Waals surface area (Å²) in [5.41, 5.74) is 1.04. The number of hydrogen-bond acceptors (Lipinski definition) is 2. The highest BCUT2D eigenvalue weighted by atomic mass is 35.5. The van der Waals surface area contributed by atoms with Crippen molar-refractivity contribution in [2.45, 2.75) is 32.1 Å². The Morgan fingerprint density at radius 2 is 2.12 bits per heavy atom. The van der Waals surface area contributed by atoms with E-state index in [2.05, 4.69) is 6.92 Å². The first kappa shape index (κ1) is 12.6. The minimum atomic E-state index is 0.480. The minimum absolute atomic E-state index is 0.480. The number of halogens is 1. The van der Waals surface area contributed by atoms with Gasteiger partial charge in [0.15, 0.2) is 0 Å². The Labute approximate surface area is 108 Å². The van der Waals surface area contributed by atoms with Gasteiger partial charge in [-0.05, 0) is 31.2 Å². The zero-order valence-electron chi connectivity index (χ0n) is 10.2. The molecule has 0 atom stereocenters. The van der Waals surface area contributed by atoms with E-state index in [1.807, 2.05) is 18.2 Å². The fourth-order valence-corrected chi connectivity index (χ4v) is 1.80. The zero-order valence-corrected chi connectivity index (χ0v) is 11.0. The van der Waals surface area contributed by atoms with Gasteiger partial charge in [-0.1, -0.05) is 13.0 Å². The maximum Gasteiger partial charge on any atom is 0.127 e. The van der Waals surface area contributed by atoms with E-state index < -0.39 is 0 Å². The average Bonchev–Trinajstić information content (AvgIpc) is 3.18. The van der Waals surface area contributed by atoms with Crippen molar-refractivity contribution in [3.63, 3.8) is 0 Å². The SMILES string of the molecule is CCCOc1ccc(CCl)c(OCC2CC2)c1. The molecule has 0 saturated heterocycles. The molecular weight excluding hydrogens is 236 g/mol. The lowest BCUT2D eigenvalue weighted by Gasteiger charge is -2.12. The smallest absolute Gasteiger partial charge is 0.127 e. The Morgan fingerprint density at radius 3 is 2.76 bits per heavy atom. The fraction of sp³-hybridized carbons (Fsp3) is 0.571. The molecule has 0 radical (unpaired) electrons. The summed E-state index contributed by atoms with van der Waals surface area (Å²) < 4.78 is 11.4. The van der Waals surface area contributed by atoms with E-state index in [4.69, 9.17) is 21.1 Å². The van der Waals surface area contributed by atoms with E-state index in [9.17, 15) is 0 Å². The molecular formula is C14H19ClO2. The molecule has 0 aromatic heterocycles. The lowest BCUT2D eigenvalue weighted by molar-refractivity contribution is 0.289. The van der Waals surface area contributed by atoms with Crippen LogP contribution in [0, 0.1) is 5.92 Å². The highest BCUT2D eigenvalue weighted by Crippen LogP contribution is 2.32. The Bertz CT molecular complexity index is 361. The molecule has 1 aromatic carbocycles. The van der Waals surface area contributed by atoms with Gasteiger partial charge in [0.2, 0.25) is 0 Å². The van der Waals surface area contributed by atoms with Crippen molar-refractivity contribution < 1.29 is 9.47 Å². The molecule has 1 fully saturated rings. The van der Waals surface area contributed by atoms with Gasteiger partial charge in [-0.2, -0.15) is 0 Å². The molecule has 0 heterocycles. The highest BCUT2D eigenvalue weighted by Gasteiger charge is 2.22. The van der Waals surface area contributed by atoms with Crippen molar-refractivity contribution in [1.82, 2.24) is 0 Å². The first-order chi connectivity index (χ1) is 8.33. The summed E-state index contributed by atoms with van der Waals surface area (Å²) in [4.78, 5) is 0. The van der Waals surface area contributed by atoms with E-state index in [1.54, 1.807) is 0 Å². The monoisotopic (exact) mass is 254 g/mol. The first-order valence-electron chi connectivity index (χ1n) is 6.28. The van der Waals surface area contributed by atoms with Crippen LogP contribution < -0.4 is 9.47 Å². The molecule has 0 spiro atoms. The Balaban J connectivity index is 2.01. The van der Waals surface area contributed by atoms with Crippen LogP contribution in [0.25, 0.3) is 0 Å². The van der Waals surface area contributed by atoms with Crippen LogP contribution in [0.2, 0.25) is 0 Å². The largest absolute Gasteiger partial charge is 0.493 e. The molecule has 0 aliphatic heterocycles. The fourth-order valence-electron chi connectivity index (χ4n) is 1.58. The molecule has 0 amide bonds. The molecule has 3 heteroatoms. The predicted octanol–water partition coefficient (Wildman–Crippen LogP) is 4.00. The van der Waals surface area contributed by atoms with Crippen LogP contribution in [-0.4, -0.2) is 13.2 Å². The second-order valence-electron chi connectivity index (χ2n) is 4.51. The van der Waals surface area contributed by atoms with Crippen molar-refractivity contribution in [2.75, 3.05) is 13.2 Å². The molecule has 2 nitrogen and oxygen atoms in total. The highest BCUT2D eigenvalue weighted by molar-refractivity contribution is 6.17. The molecule has 1 aromatic rings. The average molecular weight is 255 g/mol. The number of hydrogen-bond donors (Lipinski definition) is 0. The van der Waals surface area contributed by atoms with Crippen LogP contribution in [0.5, 0.6) is 11.5 Å². The normalized spacial score (nSPS) is 14.7. The first-order valence-corrected chi connectivity index (χ1v) is 6.81. The van der Waals surface area contributed by atoms with Crippen LogP contribution in [0.4, 0.5) is 0 Å². The third-order valence-corrected chi connectivity index (χ3v) is 3.11. The van der Waals surface area contributed by atoms with Crippen molar-refractivity contribution in [3.05, 3.63) is 23.8 Å². The van der Waals surface area contributed by atoms with Crippen LogP contribution in [-0.2, 0) is 5.88 Å². The predicted molar refractivity (Wildman–Crippen MR) is 70.0 cm³/mol. The molecule has 1 saturated carbocycles. The van der Waals surface area contributed by atoms with Gasteiger partial charge in [0, 0.05) is 11.6 Å². The van der Waals surface area contributed by atoms with Gasteiger partial charge in [0.1, 0.15) is 11.5 Å². The third-order valence-electron chi connectivity index (χ3n) is 2.83. The number of rotatable bonds is 7. The second-order valence-corrected chi connectivity index (χ2v) is 4.77. The molecule has 1 aliphatic carbocycles. The number of alkyl halides is 1. The summed E-state index contributed by atoms with van der Waals surface area (Å²) in [6, 6.07) is 5.90. The van der Waals surface area contributed by atoms with E-state index in [-0.39, 0.29) is 0 Å². The summed E-state index contributed by atoms with van der Waals surface area (Å²) >= 11 is 5.90. The second kappa shape index (κ2) is 6.15.